The maximum atomic E-state index is 12.0. The van der Waals surface area contributed by atoms with Gasteiger partial charge in [0.1, 0.15) is 0 Å². The molecule has 26 heavy (non-hydrogen) atoms. The highest BCUT2D eigenvalue weighted by atomic mass is 16.6. The van der Waals surface area contributed by atoms with Crippen molar-refractivity contribution in [2.24, 2.45) is 0 Å². The number of methoxy groups -OCH3 is 1. The molecule has 8 heteroatoms. The van der Waals surface area contributed by atoms with Gasteiger partial charge in [0.15, 0.2) is 0 Å². The van der Waals surface area contributed by atoms with Crippen molar-refractivity contribution < 1.29 is 19.2 Å². The maximum Gasteiger partial charge on any atom is 0.340 e. The van der Waals surface area contributed by atoms with Crippen LogP contribution in [0.2, 0.25) is 0 Å². The Hall–Kier alpha value is -2.64. The summed E-state index contributed by atoms with van der Waals surface area (Å²) in [6.07, 6.45) is 3.94. The molecule has 1 aromatic carbocycles. The lowest BCUT2D eigenvalue weighted by molar-refractivity contribution is -0.384. The number of amides is 1. The van der Waals surface area contributed by atoms with E-state index in [-0.39, 0.29) is 23.2 Å². The lowest BCUT2D eigenvalue weighted by atomic mass is 10.0. The number of piperidine rings is 1. The second kappa shape index (κ2) is 9.17. The molecule has 1 aromatic rings. The molecule has 0 aliphatic carbocycles. The van der Waals surface area contributed by atoms with Crippen molar-refractivity contribution in [3.63, 3.8) is 0 Å². The number of ether oxygens (including phenoxy) is 1. The average Bonchev–Trinajstić information content (AvgIpc) is 2.65. The van der Waals surface area contributed by atoms with Gasteiger partial charge in [-0.3, -0.25) is 14.9 Å². The quantitative estimate of drug-likeness (QED) is 0.454. The first kappa shape index (κ1) is 19.7. The van der Waals surface area contributed by atoms with E-state index < -0.39 is 10.9 Å². The number of hydrogen-bond donors (Lipinski definition) is 1. The van der Waals surface area contributed by atoms with E-state index in [0.29, 0.717) is 25.2 Å². The van der Waals surface area contributed by atoms with Gasteiger partial charge >= 0.3 is 5.97 Å². The zero-order valence-corrected chi connectivity index (χ0v) is 15.2. The summed E-state index contributed by atoms with van der Waals surface area (Å²) in [5.74, 6) is -0.519. The van der Waals surface area contributed by atoms with Gasteiger partial charge in [0.05, 0.1) is 23.3 Å². The van der Waals surface area contributed by atoms with Crippen LogP contribution in [0, 0.1) is 10.1 Å². The lowest BCUT2D eigenvalue weighted by Gasteiger charge is -2.34. The minimum Gasteiger partial charge on any atom is -0.465 e. The van der Waals surface area contributed by atoms with E-state index in [1.165, 1.54) is 19.2 Å². The number of non-ortho nitro benzene ring substituents is 1. The maximum absolute atomic E-state index is 12.0. The molecular weight excluding hydrogens is 338 g/mol. The van der Waals surface area contributed by atoms with Gasteiger partial charge in [0.25, 0.3) is 5.69 Å². The Bertz CT molecular complexity index is 669. The number of hydrogen-bond acceptors (Lipinski definition) is 6. The third-order valence-electron chi connectivity index (χ3n) is 4.55. The van der Waals surface area contributed by atoms with Crippen molar-refractivity contribution in [3.8, 4) is 0 Å². The van der Waals surface area contributed by atoms with Crippen molar-refractivity contribution in [1.29, 1.82) is 0 Å². The van der Waals surface area contributed by atoms with Crippen LogP contribution in [0.25, 0.3) is 0 Å². The van der Waals surface area contributed by atoms with Gasteiger partial charge in [-0.25, -0.2) is 4.79 Å². The molecule has 1 heterocycles. The van der Waals surface area contributed by atoms with Crippen molar-refractivity contribution in [2.45, 2.75) is 45.1 Å². The van der Waals surface area contributed by atoms with Crippen molar-refractivity contribution in [3.05, 3.63) is 33.9 Å². The summed E-state index contributed by atoms with van der Waals surface area (Å²) < 4.78 is 4.77. The number of nitro groups is 1. The molecule has 2 rings (SSSR count). The predicted molar refractivity (Wildman–Crippen MR) is 97.3 cm³/mol. The summed E-state index contributed by atoms with van der Waals surface area (Å²) in [6, 6.07) is 4.35. The van der Waals surface area contributed by atoms with Crippen LogP contribution in [-0.2, 0) is 9.53 Å². The van der Waals surface area contributed by atoms with Gasteiger partial charge in [-0.05, 0) is 25.3 Å². The number of nitrogens with zero attached hydrogens (tertiary/aromatic N) is 2. The summed E-state index contributed by atoms with van der Waals surface area (Å²) >= 11 is 0. The number of carbonyl (C=O) groups excluding carboxylic acids is 2. The predicted octanol–water partition coefficient (Wildman–Crippen LogP) is 2.66. The van der Waals surface area contributed by atoms with E-state index >= 15 is 0 Å². The molecule has 1 N–H and O–H groups in total. The SMILES string of the molecule is CCCCC(=O)NC1CCN(c2ccc([N+](=O)[O-])cc2C(=O)OC)CC1. The molecule has 8 nitrogen and oxygen atoms in total. The van der Waals surface area contributed by atoms with Crippen molar-refractivity contribution >= 4 is 23.3 Å². The van der Waals surface area contributed by atoms with Crippen LogP contribution in [-0.4, -0.2) is 43.0 Å². The third kappa shape index (κ3) is 4.93. The van der Waals surface area contributed by atoms with E-state index in [2.05, 4.69) is 12.2 Å². The van der Waals surface area contributed by atoms with Gasteiger partial charge < -0.3 is 15.0 Å². The van der Waals surface area contributed by atoms with Crippen molar-refractivity contribution in [1.82, 2.24) is 5.32 Å². The average molecular weight is 363 g/mol. The van der Waals surface area contributed by atoms with Crippen LogP contribution in [0.4, 0.5) is 11.4 Å². The number of rotatable bonds is 7. The highest BCUT2D eigenvalue weighted by Gasteiger charge is 2.25. The summed E-state index contributed by atoms with van der Waals surface area (Å²) in [5.41, 5.74) is 0.664. The molecule has 1 fully saturated rings. The number of nitrogens with one attached hydrogen (secondary N) is 1. The number of unbranched alkanes of at least 4 members (excludes halogenated alkanes) is 1. The fraction of sp³-hybridized carbons (Fsp3) is 0.556. The summed E-state index contributed by atoms with van der Waals surface area (Å²) in [6.45, 7) is 3.36. The molecule has 0 aromatic heterocycles. The molecule has 0 atom stereocenters. The van der Waals surface area contributed by atoms with Gasteiger partial charge in [0, 0.05) is 37.7 Å². The number of nitro benzene ring substituents is 1. The molecule has 0 unspecified atom stereocenters. The van der Waals surface area contributed by atoms with Gasteiger partial charge in [-0.15, -0.1) is 0 Å². The standard InChI is InChI=1S/C18H25N3O5/c1-3-4-5-17(22)19-13-8-10-20(11-9-13)16-7-6-14(21(24)25)12-15(16)18(23)26-2/h6-7,12-13H,3-5,8-11H2,1-2H3,(H,19,22). The molecule has 1 saturated heterocycles. The Labute approximate surface area is 152 Å². The molecular formula is C18H25N3O5. The van der Waals surface area contributed by atoms with Crippen LogP contribution in [0.1, 0.15) is 49.4 Å². The Balaban J connectivity index is 2.05. The normalized spacial score (nSPS) is 14.8. The van der Waals surface area contributed by atoms with Crippen LogP contribution in [0.5, 0.6) is 0 Å². The highest BCUT2D eigenvalue weighted by Crippen LogP contribution is 2.28. The Morgan fingerprint density at radius 2 is 2.04 bits per heavy atom. The van der Waals surface area contributed by atoms with E-state index in [4.69, 9.17) is 4.74 Å². The lowest BCUT2D eigenvalue weighted by Crippen LogP contribution is -2.45. The largest absolute Gasteiger partial charge is 0.465 e. The third-order valence-corrected chi connectivity index (χ3v) is 4.55. The fourth-order valence-corrected chi connectivity index (χ4v) is 3.09. The van der Waals surface area contributed by atoms with Crippen LogP contribution in [0.3, 0.4) is 0 Å². The highest BCUT2D eigenvalue weighted by molar-refractivity contribution is 5.96. The summed E-state index contributed by atoms with van der Waals surface area (Å²) in [7, 11) is 1.25. The zero-order chi connectivity index (χ0) is 19.1. The molecule has 0 radical (unpaired) electrons. The second-order valence-electron chi connectivity index (χ2n) is 6.38. The molecule has 142 valence electrons. The fourth-order valence-electron chi connectivity index (χ4n) is 3.09. The molecule has 0 bridgehead atoms. The van der Waals surface area contributed by atoms with Crippen LogP contribution < -0.4 is 10.2 Å². The minimum atomic E-state index is -0.598. The molecule has 1 aliphatic rings. The van der Waals surface area contributed by atoms with E-state index in [1.54, 1.807) is 6.07 Å². The van der Waals surface area contributed by atoms with E-state index in [0.717, 1.165) is 25.7 Å². The van der Waals surface area contributed by atoms with E-state index in [1.807, 2.05) is 4.90 Å². The monoisotopic (exact) mass is 363 g/mol. The number of anilines is 1. The molecule has 1 aliphatic heterocycles. The first-order valence-corrected chi connectivity index (χ1v) is 8.87. The smallest absolute Gasteiger partial charge is 0.340 e. The van der Waals surface area contributed by atoms with Crippen LogP contribution >= 0.6 is 0 Å². The first-order chi connectivity index (χ1) is 12.5. The molecule has 0 spiro atoms. The van der Waals surface area contributed by atoms with Gasteiger partial charge in [-0.2, -0.15) is 0 Å². The molecule has 0 saturated carbocycles. The van der Waals surface area contributed by atoms with Gasteiger partial charge in [0.2, 0.25) is 5.91 Å². The summed E-state index contributed by atoms with van der Waals surface area (Å²) in [5, 5.41) is 14.0. The Kier molecular flexibility index (Phi) is 6.94. The molecule has 1 amide bonds. The number of esters is 1. The van der Waals surface area contributed by atoms with Crippen molar-refractivity contribution in [2.75, 3.05) is 25.1 Å². The summed E-state index contributed by atoms with van der Waals surface area (Å²) in [4.78, 5) is 36.3. The Morgan fingerprint density at radius 3 is 2.62 bits per heavy atom. The number of carbonyl (C=O) groups is 2. The first-order valence-electron chi connectivity index (χ1n) is 8.87. The van der Waals surface area contributed by atoms with E-state index in [9.17, 15) is 19.7 Å². The Morgan fingerprint density at radius 1 is 1.35 bits per heavy atom. The second-order valence-corrected chi connectivity index (χ2v) is 6.38. The zero-order valence-electron chi connectivity index (χ0n) is 15.2. The van der Waals surface area contributed by atoms with Crippen LogP contribution in [0.15, 0.2) is 18.2 Å². The minimum absolute atomic E-state index is 0.0795. The van der Waals surface area contributed by atoms with Gasteiger partial charge in [-0.1, -0.05) is 13.3 Å². The number of benzene rings is 1. The topological polar surface area (TPSA) is 102 Å².